The van der Waals surface area contributed by atoms with Gasteiger partial charge in [-0.2, -0.15) is 0 Å². The van der Waals surface area contributed by atoms with Crippen LogP contribution in [0.3, 0.4) is 0 Å². The van der Waals surface area contributed by atoms with Crippen molar-refractivity contribution in [1.29, 1.82) is 0 Å². The topological polar surface area (TPSA) is 44.8 Å². The van der Waals surface area contributed by atoms with E-state index in [0.29, 0.717) is 6.54 Å². The summed E-state index contributed by atoms with van der Waals surface area (Å²) in [5.74, 6) is 0.907. The molecule has 0 spiro atoms. The normalized spacial score (nSPS) is 14.3. The molecule has 1 heterocycles. The average molecular weight is 416 g/mol. The van der Waals surface area contributed by atoms with E-state index in [4.69, 9.17) is 4.74 Å². The maximum absolute atomic E-state index is 12.7. The molecule has 0 saturated carbocycles. The number of methoxy groups -OCH3 is 1. The van der Waals surface area contributed by atoms with Gasteiger partial charge in [-0.05, 0) is 47.9 Å². The van der Waals surface area contributed by atoms with Crippen LogP contribution in [0.2, 0.25) is 0 Å². The molecule has 0 bridgehead atoms. The first-order valence-electron chi connectivity index (χ1n) is 10.7. The Labute approximate surface area is 184 Å². The molecule has 1 amide bonds. The minimum atomic E-state index is 0.0402. The Hall–Kier alpha value is -3.31. The van der Waals surface area contributed by atoms with Gasteiger partial charge in [-0.25, -0.2) is 0 Å². The Morgan fingerprint density at radius 1 is 0.871 bits per heavy atom. The summed E-state index contributed by atoms with van der Waals surface area (Å²) in [6.07, 6.45) is 0.803. The predicted octanol–water partition coefficient (Wildman–Crippen LogP) is 4.05. The number of carbonyl (C=O) groups excluding carboxylic acids is 1. The number of carbonyl (C=O) groups is 1. The first-order valence-corrected chi connectivity index (χ1v) is 10.7. The second-order valence-corrected chi connectivity index (χ2v) is 7.83. The Bertz CT molecular complexity index is 981. The van der Waals surface area contributed by atoms with Gasteiger partial charge in [-0.3, -0.25) is 9.69 Å². The minimum absolute atomic E-state index is 0.0402. The second kappa shape index (κ2) is 10.1. The third-order valence-corrected chi connectivity index (χ3v) is 5.71. The van der Waals surface area contributed by atoms with E-state index in [0.717, 1.165) is 49.6 Å². The van der Waals surface area contributed by atoms with Gasteiger partial charge in [-0.15, -0.1) is 0 Å². The van der Waals surface area contributed by atoms with Gasteiger partial charge in [0.1, 0.15) is 5.75 Å². The molecule has 5 heteroatoms. The van der Waals surface area contributed by atoms with Crippen LogP contribution < -0.4 is 15.0 Å². The van der Waals surface area contributed by atoms with E-state index in [1.165, 1.54) is 11.3 Å². The summed E-state index contributed by atoms with van der Waals surface area (Å²) in [5, 5.41) is 3.13. The molecule has 5 nitrogen and oxygen atoms in total. The van der Waals surface area contributed by atoms with Gasteiger partial charge in [0.25, 0.3) is 0 Å². The zero-order valence-electron chi connectivity index (χ0n) is 18.0. The van der Waals surface area contributed by atoms with Gasteiger partial charge in [0, 0.05) is 37.6 Å². The highest BCUT2D eigenvalue weighted by Gasteiger charge is 2.19. The number of rotatable bonds is 7. The Morgan fingerprint density at radius 2 is 1.55 bits per heavy atom. The van der Waals surface area contributed by atoms with Crippen molar-refractivity contribution in [2.75, 3.05) is 50.1 Å². The molecular weight excluding hydrogens is 386 g/mol. The van der Waals surface area contributed by atoms with Crippen molar-refractivity contribution >= 4 is 17.3 Å². The number of hydrogen-bond donors (Lipinski definition) is 1. The lowest BCUT2D eigenvalue weighted by Crippen LogP contribution is -2.48. The quantitative estimate of drug-likeness (QED) is 0.632. The van der Waals surface area contributed by atoms with Crippen LogP contribution in [0.4, 0.5) is 11.4 Å². The first kappa shape index (κ1) is 20.9. The van der Waals surface area contributed by atoms with Crippen molar-refractivity contribution in [3.63, 3.8) is 0 Å². The molecule has 1 saturated heterocycles. The highest BCUT2D eigenvalue weighted by Crippen LogP contribution is 2.21. The summed E-state index contributed by atoms with van der Waals surface area (Å²) in [6.45, 7) is 3.96. The smallest absolute Gasteiger partial charge is 0.238 e. The molecule has 0 unspecified atom stereocenters. The van der Waals surface area contributed by atoms with Crippen LogP contribution in [0.15, 0.2) is 78.9 Å². The van der Waals surface area contributed by atoms with Gasteiger partial charge in [-0.1, -0.05) is 48.5 Å². The lowest BCUT2D eigenvalue weighted by atomic mass is 10.0. The Morgan fingerprint density at radius 3 is 2.26 bits per heavy atom. The van der Waals surface area contributed by atoms with Crippen molar-refractivity contribution in [3.8, 4) is 5.75 Å². The number of benzene rings is 3. The van der Waals surface area contributed by atoms with Gasteiger partial charge in [0.2, 0.25) is 5.91 Å². The molecule has 4 rings (SSSR count). The highest BCUT2D eigenvalue weighted by atomic mass is 16.5. The van der Waals surface area contributed by atoms with Crippen LogP contribution in [0.1, 0.15) is 11.1 Å². The molecule has 0 aromatic heterocycles. The van der Waals surface area contributed by atoms with Crippen molar-refractivity contribution in [2.24, 2.45) is 0 Å². The Balaban J connectivity index is 1.30. The molecule has 31 heavy (non-hydrogen) atoms. The third-order valence-electron chi connectivity index (χ3n) is 5.71. The summed E-state index contributed by atoms with van der Waals surface area (Å²) in [7, 11) is 1.68. The first-order chi connectivity index (χ1) is 15.2. The maximum atomic E-state index is 12.7. The number of piperazine rings is 1. The molecule has 1 N–H and O–H groups in total. The SMILES string of the molecule is COc1ccc(N2CCN(CC(=O)Nc3ccccc3Cc3ccccc3)CC2)cc1. The lowest BCUT2D eigenvalue weighted by Gasteiger charge is -2.35. The summed E-state index contributed by atoms with van der Waals surface area (Å²) in [6, 6.07) is 26.5. The lowest BCUT2D eigenvalue weighted by molar-refractivity contribution is -0.117. The standard InChI is InChI=1S/C26H29N3O2/c1-31-24-13-11-23(12-14-24)29-17-15-28(16-18-29)20-26(30)27-25-10-6-5-9-22(25)19-21-7-3-2-4-8-21/h2-14H,15-20H2,1H3,(H,27,30). The van der Waals surface area contributed by atoms with Gasteiger partial charge in [0.05, 0.1) is 13.7 Å². The van der Waals surface area contributed by atoms with Gasteiger partial charge in [0.15, 0.2) is 0 Å². The molecule has 1 aliphatic rings. The molecular formula is C26H29N3O2. The van der Waals surface area contributed by atoms with Crippen molar-refractivity contribution in [2.45, 2.75) is 6.42 Å². The molecule has 1 aliphatic heterocycles. The van der Waals surface area contributed by atoms with E-state index in [9.17, 15) is 4.79 Å². The van der Waals surface area contributed by atoms with Crippen molar-refractivity contribution < 1.29 is 9.53 Å². The molecule has 3 aromatic rings. The van der Waals surface area contributed by atoms with Crippen LogP contribution in [-0.4, -0.2) is 50.6 Å². The van der Waals surface area contributed by atoms with Gasteiger partial charge < -0.3 is 15.0 Å². The van der Waals surface area contributed by atoms with Crippen LogP contribution in [0.5, 0.6) is 5.75 Å². The number of hydrogen-bond acceptors (Lipinski definition) is 4. The van der Waals surface area contributed by atoms with E-state index >= 15 is 0 Å². The molecule has 160 valence electrons. The molecule has 3 aromatic carbocycles. The van der Waals surface area contributed by atoms with E-state index in [1.54, 1.807) is 7.11 Å². The number of anilines is 2. The van der Waals surface area contributed by atoms with E-state index < -0.39 is 0 Å². The van der Waals surface area contributed by atoms with Crippen molar-refractivity contribution in [3.05, 3.63) is 90.0 Å². The number of para-hydroxylation sites is 1. The zero-order chi connectivity index (χ0) is 21.5. The molecule has 1 fully saturated rings. The molecule has 0 aliphatic carbocycles. The molecule has 0 atom stereocenters. The largest absolute Gasteiger partial charge is 0.497 e. The fourth-order valence-corrected chi connectivity index (χ4v) is 3.96. The van der Waals surface area contributed by atoms with E-state index in [1.807, 2.05) is 48.5 Å². The van der Waals surface area contributed by atoms with Crippen LogP contribution in [0, 0.1) is 0 Å². The van der Waals surface area contributed by atoms with Crippen LogP contribution in [0.25, 0.3) is 0 Å². The van der Waals surface area contributed by atoms with E-state index in [2.05, 4.69) is 45.4 Å². The fourth-order valence-electron chi connectivity index (χ4n) is 3.96. The zero-order valence-corrected chi connectivity index (χ0v) is 18.0. The predicted molar refractivity (Wildman–Crippen MR) is 126 cm³/mol. The summed E-state index contributed by atoms with van der Waals surface area (Å²) in [4.78, 5) is 17.3. The summed E-state index contributed by atoms with van der Waals surface area (Å²) in [5.41, 5.74) is 4.46. The van der Waals surface area contributed by atoms with E-state index in [-0.39, 0.29) is 5.91 Å². The number of amides is 1. The maximum Gasteiger partial charge on any atom is 0.238 e. The minimum Gasteiger partial charge on any atom is -0.497 e. The fraction of sp³-hybridized carbons (Fsp3) is 0.269. The summed E-state index contributed by atoms with van der Waals surface area (Å²) < 4.78 is 5.24. The van der Waals surface area contributed by atoms with Crippen molar-refractivity contribution in [1.82, 2.24) is 4.90 Å². The van der Waals surface area contributed by atoms with Crippen LogP contribution >= 0.6 is 0 Å². The average Bonchev–Trinajstić information content (AvgIpc) is 2.82. The number of nitrogens with zero attached hydrogens (tertiary/aromatic N) is 2. The number of nitrogens with one attached hydrogen (secondary N) is 1. The van der Waals surface area contributed by atoms with Gasteiger partial charge >= 0.3 is 0 Å². The monoisotopic (exact) mass is 415 g/mol. The summed E-state index contributed by atoms with van der Waals surface area (Å²) >= 11 is 0. The highest BCUT2D eigenvalue weighted by molar-refractivity contribution is 5.93. The number of ether oxygens (including phenoxy) is 1. The second-order valence-electron chi connectivity index (χ2n) is 7.83. The Kier molecular flexibility index (Phi) is 6.85. The van der Waals surface area contributed by atoms with Crippen LogP contribution in [-0.2, 0) is 11.2 Å². The molecule has 0 radical (unpaired) electrons. The third kappa shape index (κ3) is 5.64.